The molecule has 0 bridgehead atoms. The van der Waals surface area contributed by atoms with Crippen LogP contribution in [0.5, 0.6) is 23.0 Å². The molecule has 0 heterocycles. The molecule has 8 heteroatoms. The van der Waals surface area contributed by atoms with Crippen molar-refractivity contribution < 1.29 is 28.6 Å². The number of benzene rings is 3. The van der Waals surface area contributed by atoms with Gasteiger partial charge in [-0.2, -0.15) is 0 Å². The maximum Gasteiger partial charge on any atom is 0.278 e. The number of halogens is 1. The van der Waals surface area contributed by atoms with Gasteiger partial charge >= 0.3 is 0 Å². The quantitative estimate of drug-likeness (QED) is 0.381. The lowest BCUT2D eigenvalue weighted by Gasteiger charge is -2.19. The maximum atomic E-state index is 12.6. The third-order valence-electron chi connectivity index (χ3n) is 4.95. The Morgan fingerprint density at radius 3 is 1.79 bits per heavy atom. The molecule has 1 amide bonds. The first-order valence-corrected chi connectivity index (χ1v) is 10.5. The second kappa shape index (κ2) is 11.4. The van der Waals surface area contributed by atoms with E-state index in [1.807, 2.05) is 48.5 Å². The largest absolute Gasteiger partial charge is 0.497 e. The highest BCUT2D eigenvalue weighted by molar-refractivity contribution is 6.35. The fourth-order valence-corrected chi connectivity index (χ4v) is 3.26. The smallest absolute Gasteiger partial charge is 0.278 e. The molecule has 0 radical (unpaired) electrons. The summed E-state index contributed by atoms with van der Waals surface area (Å²) in [5.74, 6) is 1.79. The monoisotopic (exact) mass is 471 g/mol. The van der Waals surface area contributed by atoms with Gasteiger partial charge in [-0.15, -0.1) is 0 Å². The van der Waals surface area contributed by atoms with Crippen LogP contribution in [0.25, 0.3) is 0 Å². The van der Waals surface area contributed by atoms with E-state index in [2.05, 4.69) is 0 Å². The Kier molecular flexibility index (Phi) is 8.40. The zero-order chi connectivity index (χ0) is 23.8. The zero-order valence-corrected chi connectivity index (χ0v) is 19.7. The van der Waals surface area contributed by atoms with E-state index in [9.17, 15) is 4.79 Å². The highest BCUT2D eigenvalue weighted by Crippen LogP contribution is 2.39. The van der Waals surface area contributed by atoms with E-state index in [1.54, 1.807) is 26.4 Å². The Hall–Kier alpha value is -3.42. The van der Waals surface area contributed by atoms with Crippen molar-refractivity contribution in [3.63, 3.8) is 0 Å². The van der Waals surface area contributed by atoms with Crippen LogP contribution in [0.2, 0.25) is 5.02 Å². The number of ether oxygens (including phenoxy) is 4. The minimum absolute atomic E-state index is 0.143. The van der Waals surface area contributed by atoms with Crippen molar-refractivity contribution >= 4 is 17.5 Å². The number of methoxy groups -OCH3 is 2. The fourth-order valence-electron chi connectivity index (χ4n) is 2.96. The summed E-state index contributed by atoms with van der Waals surface area (Å²) < 4.78 is 22.4. The molecular formula is C25H26ClNO6. The van der Waals surface area contributed by atoms with Crippen molar-refractivity contribution in [2.24, 2.45) is 0 Å². The van der Waals surface area contributed by atoms with Gasteiger partial charge in [-0.25, -0.2) is 5.06 Å². The van der Waals surface area contributed by atoms with Gasteiger partial charge in [0.25, 0.3) is 5.91 Å². The van der Waals surface area contributed by atoms with Crippen molar-refractivity contribution in [2.75, 3.05) is 28.4 Å². The maximum absolute atomic E-state index is 12.6. The SMILES string of the molecule is COc1ccc(COc2ccc(C(=O)N(C)OC)c(Cl)c2OCc2ccc(OC)cc2)cc1. The Morgan fingerprint density at radius 2 is 1.30 bits per heavy atom. The first-order valence-electron chi connectivity index (χ1n) is 10.1. The summed E-state index contributed by atoms with van der Waals surface area (Å²) in [6, 6.07) is 18.2. The minimum atomic E-state index is -0.404. The molecular weight excluding hydrogens is 446 g/mol. The summed E-state index contributed by atoms with van der Waals surface area (Å²) in [6.07, 6.45) is 0. The molecule has 0 spiro atoms. The highest BCUT2D eigenvalue weighted by Gasteiger charge is 2.22. The van der Waals surface area contributed by atoms with E-state index < -0.39 is 5.91 Å². The number of hydrogen-bond donors (Lipinski definition) is 0. The predicted molar refractivity (Wildman–Crippen MR) is 125 cm³/mol. The molecule has 0 saturated heterocycles. The van der Waals surface area contributed by atoms with E-state index in [4.69, 9.17) is 35.4 Å². The van der Waals surface area contributed by atoms with Gasteiger partial charge in [0.2, 0.25) is 0 Å². The van der Waals surface area contributed by atoms with E-state index in [-0.39, 0.29) is 29.5 Å². The molecule has 0 aliphatic heterocycles. The molecule has 0 aliphatic carbocycles. The Morgan fingerprint density at radius 1 is 0.788 bits per heavy atom. The molecule has 0 fully saturated rings. The summed E-state index contributed by atoms with van der Waals surface area (Å²) in [5, 5.41) is 1.23. The number of amides is 1. The minimum Gasteiger partial charge on any atom is -0.497 e. The summed E-state index contributed by atoms with van der Waals surface area (Å²) in [7, 11) is 6.13. The third-order valence-corrected chi connectivity index (χ3v) is 5.32. The normalized spacial score (nSPS) is 10.5. The molecule has 174 valence electrons. The second-order valence-corrected chi connectivity index (χ2v) is 7.39. The molecule has 0 aromatic heterocycles. The van der Waals surface area contributed by atoms with Crippen molar-refractivity contribution in [3.05, 3.63) is 82.4 Å². The molecule has 33 heavy (non-hydrogen) atoms. The van der Waals surface area contributed by atoms with Crippen LogP contribution in [0.1, 0.15) is 21.5 Å². The lowest BCUT2D eigenvalue weighted by Crippen LogP contribution is -2.25. The third kappa shape index (κ3) is 6.09. The molecule has 0 N–H and O–H groups in total. The number of hydroxylamine groups is 2. The number of carbonyl (C=O) groups excluding carboxylic acids is 1. The first kappa shape index (κ1) is 24.2. The molecule has 0 saturated carbocycles. The van der Waals surface area contributed by atoms with Gasteiger partial charge in [0, 0.05) is 7.05 Å². The average Bonchev–Trinajstić information content (AvgIpc) is 2.86. The summed E-state index contributed by atoms with van der Waals surface area (Å²) in [6.45, 7) is 0.505. The van der Waals surface area contributed by atoms with Crippen molar-refractivity contribution in [1.82, 2.24) is 5.06 Å². The fraction of sp³-hybridized carbons (Fsp3) is 0.240. The average molecular weight is 472 g/mol. The van der Waals surface area contributed by atoms with Crippen molar-refractivity contribution in [2.45, 2.75) is 13.2 Å². The standard InChI is InChI=1S/C25H26ClNO6/c1-27(31-4)25(28)21-13-14-22(32-15-17-5-9-19(29-2)10-6-17)24(23(21)26)33-16-18-7-11-20(30-3)12-8-18/h5-14H,15-16H2,1-4H3. The Bertz CT molecular complexity index is 1070. The predicted octanol–water partition coefficient (Wildman–Crippen LogP) is 5.15. The van der Waals surface area contributed by atoms with Crippen LogP contribution in [0.15, 0.2) is 60.7 Å². The zero-order valence-electron chi connectivity index (χ0n) is 19.0. The summed E-state index contributed by atoms with van der Waals surface area (Å²) in [4.78, 5) is 17.6. The molecule has 0 unspecified atom stereocenters. The van der Waals surface area contributed by atoms with Gasteiger partial charge in [-0.1, -0.05) is 35.9 Å². The molecule has 0 atom stereocenters. The van der Waals surface area contributed by atoms with Crippen molar-refractivity contribution in [1.29, 1.82) is 0 Å². The molecule has 7 nitrogen and oxygen atoms in total. The second-order valence-electron chi connectivity index (χ2n) is 7.01. The summed E-state index contributed by atoms with van der Waals surface area (Å²) >= 11 is 6.60. The highest BCUT2D eigenvalue weighted by atomic mass is 35.5. The van der Waals surface area contributed by atoms with Crippen LogP contribution in [0.3, 0.4) is 0 Å². The molecule has 3 rings (SSSR count). The first-order chi connectivity index (χ1) is 16.0. The van der Waals surface area contributed by atoms with Crippen molar-refractivity contribution in [3.8, 4) is 23.0 Å². The van der Waals surface area contributed by atoms with Crippen LogP contribution < -0.4 is 18.9 Å². The molecule has 3 aromatic rings. The number of nitrogens with zero attached hydrogens (tertiary/aromatic N) is 1. The van der Waals surface area contributed by atoms with E-state index in [0.717, 1.165) is 27.7 Å². The lowest BCUT2D eigenvalue weighted by molar-refractivity contribution is -0.0757. The number of rotatable bonds is 10. The summed E-state index contributed by atoms with van der Waals surface area (Å²) in [5.41, 5.74) is 2.08. The van der Waals surface area contributed by atoms with Gasteiger partial charge in [0.15, 0.2) is 11.5 Å². The van der Waals surface area contributed by atoms with Gasteiger partial charge in [-0.05, 0) is 47.5 Å². The molecule has 0 aliphatic rings. The van der Waals surface area contributed by atoms with Crippen LogP contribution >= 0.6 is 11.6 Å². The van der Waals surface area contributed by atoms with Gasteiger partial charge in [0.05, 0.1) is 31.9 Å². The van der Waals surface area contributed by atoms with E-state index in [0.29, 0.717) is 5.75 Å². The van der Waals surface area contributed by atoms with Gasteiger partial charge < -0.3 is 18.9 Å². The van der Waals surface area contributed by atoms with Crippen LogP contribution in [0.4, 0.5) is 0 Å². The number of carbonyl (C=O) groups is 1. The van der Waals surface area contributed by atoms with Gasteiger partial charge in [0.1, 0.15) is 24.7 Å². The molecule has 3 aromatic carbocycles. The van der Waals surface area contributed by atoms with E-state index in [1.165, 1.54) is 14.2 Å². The van der Waals surface area contributed by atoms with Crippen LogP contribution in [-0.4, -0.2) is 39.3 Å². The van der Waals surface area contributed by atoms with E-state index >= 15 is 0 Å². The lowest BCUT2D eigenvalue weighted by atomic mass is 10.1. The van der Waals surface area contributed by atoms with Gasteiger partial charge in [-0.3, -0.25) is 9.63 Å². The topological polar surface area (TPSA) is 66.5 Å². The van der Waals surface area contributed by atoms with Crippen LogP contribution in [0, 0.1) is 0 Å². The number of hydrogen-bond acceptors (Lipinski definition) is 6. The Balaban J connectivity index is 1.85. The van der Waals surface area contributed by atoms with Crippen LogP contribution in [-0.2, 0) is 18.1 Å². The Labute approximate surface area is 198 Å².